The molecule has 26 heavy (non-hydrogen) atoms. The number of hydrazone groups is 1. The van der Waals surface area contributed by atoms with E-state index in [0.717, 1.165) is 11.3 Å². The zero-order valence-electron chi connectivity index (χ0n) is 14.1. The fraction of sp³-hybridized carbons (Fsp3) is 0.105. The predicted molar refractivity (Wildman–Crippen MR) is 106 cm³/mol. The molecule has 0 spiro atoms. The van der Waals surface area contributed by atoms with E-state index in [1.54, 1.807) is 18.4 Å². The molecule has 7 heteroatoms. The lowest BCUT2D eigenvalue weighted by molar-refractivity contribution is 0.469. The van der Waals surface area contributed by atoms with Gasteiger partial charge in [-0.25, -0.2) is 10.5 Å². The van der Waals surface area contributed by atoms with E-state index in [2.05, 4.69) is 44.4 Å². The quantitative estimate of drug-likeness (QED) is 0.243. The Morgan fingerprint density at radius 2 is 2.04 bits per heavy atom. The van der Waals surface area contributed by atoms with Crippen LogP contribution in [-0.2, 0) is 12.2 Å². The van der Waals surface area contributed by atoms with Gasteiger partial charge < -0.3 is 5.11 Å². The predicted octanol–water partition coefficient (Wildman–Crippen LogP) is 3.98. The van der Waals surface area contributed by atoms with Crippen molar-refractivity contribution in [1.29, 1.82) is 0 Å². The maximum absolute atomic E-state index is 10.2. The minimum Gasteiger partial charge on any atom is -0.507 e. The van der Waals surface area contributed by atoms with Crippen LogP contribution in [0.15, 0.2) is 71.4 Å². The average molecular weight is 365 g/mol. The third kappa shape index (κ3) is 4.73. The summed E-state index contributed by atoms with van der Waals surface area (Å²) in [5, 5.41) is 21.9. The Morgan fingerprint density at radius 1 is 1.19 bits per heavy atom. The van der Waals surface area contributed by atoms with Gasteiger partial charge in [0.15, 0.2) is 0 Å². The number of phenolic OH excluding ortho intramolecular Hbond substituents is 1. The van der Waals surface area contributed by atoms with Crippen LogP contribution in [0.4, 0.5) is 5.95 Å². The van der Waals surface area contributed by atoms with Crippen molar-refractivity contribution in [3.63, 3.8) is 0 Å². The second-order valence-corrected chi connectivity index (χ2v) is 6.40. The van der Waals surface area contributed by atoms with Crippen molar-refractivity contribution in [2.75, 3.05) is 5.43 Å². The molecule has 0 amide bonds. The van der Waals surface area contributed by atoms with Crippen molar-refractivity contribution in [2.24, 2.45) is 5.10 Å². The van der Waals surface area contributed by atoms with Gasteiger partial charge in [-0.2, -0.15) is 10.1 Å². The molecule has 0 atom stereocenters. The summed E-state index contributed by atoms with van der Waals surface area (Å²) in [6, 6.07) is 15.7. The smallest absolute Gasteiger partial charge is 0.240 e. The Balaban J connectivity index is 1.57. The summed E-state index contributed by atoms with van der Waals surface area (Å²) in [5.41, 5.74) is 5.43. The number of aromatic hydroxyl groups is 1. The van der Waals surface area contributed by atoms with Crippen LogP contribution in [0.25, 0.3) is 0 Å². The van der Waals surface area contributed by atoms with Gasteiger partial charge in [0.25, 0.3) is 0 Å². The van der Waals surface area contributed by atoms with Crippen LogP contribution >= 0.6 is 11.8 Å². The van der Waals surface area contributed by atoms with Crippen molar-refractivity contribution in [3.05, 3.63) is 77.9 Å². The molecule has 0 aliphatic carbocycles. The van der Waals surface area contributed by atoms with E-state index in [1.165, 1.54) is 17.3 Å². The highest BCUT2D eigenvalue weighted by atomic mass is 32.2. The number of hydrogen-bond acceptors (Lipinski definition) is 6. The van der Waals surface area contributed by atoms with Crippen molar-refractivity contribution >= 4 is 23.9 Å². The number of aromatic amines is 1. The maximum atomic E-state index is 10.2. The molecular weight excluding hydrogens is 346 g/mol. The number of benzene rings is 2. The Hall–Kier alpha value is -3.06. The lowest BCUT2D eigenvalue weighted by atomic mass is 10.1. The van der Waals surface area contributed by atoms with E-state index < -0.39 is 0 Å². The van der Waals surface area contributed by atoms with Crippen LogP contribution in [0.1, 0.15) is 16.7 Å². The lowest BCUT2D eigenvalue weighted by Crippen LogP contribution is -1.94. The number of nitrogens with zero attached hydrogens (tertiary/aromatic N) is 3. The minimum atomic E-state index is 0.203. The third-order valence-electron chi connectivity index (χ3n) is 3.56. The third-order valence-corrected chi connectivity index (χ3v) is 4.48. The van der Waals surface area contributed by atoms with Crippen LogP contribution in [0, 0.1) is 0 Å². The van der Waals surface area contributed by atoms with Crippen molar-refractivity contribution in [2.45, 2.75) is 17.3 Å². The summed E-state index contributed by atoms with van der Waals surface area (Å²) in [6.07, 6.45) is 3.89. The zero-order chi connectivity index (χ0) is 18.2. The van der Waals surface area contributed by atoms with Crippen molar-refractivity contribution < 1.29 is 5.11 Å². The van der Waals surface area contributed by atoms with E-state index >= 15 is 0 Å². The number of hydrogen-bond donors (Lipinski definition) is 3. The van der Waals surface area contributed by atoms with E-state index in [9.17, 15) is 5.11 Å². The molecule has 3 N–H and O–H groups in total. The molecule has 0 radical (unpaired) electrons. The highest BCUT2D eigenvalue weighted by Crippen LogP contribution is 2.22. The average Bonchev–Trinajstić information content (AvgIpc) is 3.12. The summed E-state index contributed by atoms with van der Waals surface area (Å²) < 4.78 is 0. The fourth-order valence-electron chi connectivity index (χ4n) is 2.28. The number of nitrogens with one attached hydrogen (secondary N) is 2. The van der Waals surface area contributed by atoms with Crippen molar-refractivity contribution in [1.82, 2.24) is 15.2 Å². The molecule has 6 nitrogen and oxygen atoms in total. The topological polar surface area (TPSA) is 86.2 Å². The maximum Gasteiger partial charge on any atom is 0.240 e. The molecule has 0 saturated carbocycles. The Labute approximate surface area is 156 Å². The van der Waals surface area contributed by atoms with E-state index in [0.29, 0.717) is 23.1 Å². The molecule has 2 aromatic carbocycles. The minimum absolute atomic E-state index is 0.203. The number of H-pyrrole nitrogens is 1. The number of phenols is 1. The van der Waals surface area contributed by atoms with Gasteiger partial charge in [0, 0.05) is 11.3 Å². The molecule has 0 aliphatic rings. The molecule has 3 rings (SSSR count). The lowest BCUT2D eigenvalue weighted by Gasteiger charge is -2.04. The number of rotatable bonds is 8. The molecule has 0 unspecified atom stereocenters. The van der Waals surface area contributed by atoms with E-state index in [-0.39, 0.29) is 5.75 Å². The number of para-hydroxylation sites is 1. The SMILES string of the molecule is C=CCc1cccc(/C=N/Nc2nc(SCc3ccccc3)n[nH]2)c1O. The summed E-state index contributed by atoms with van der Waals surface area (Å²) in [6.45, 7) is 3.69. The number of thioether (sulfide) groups is 1. The summed E-state index contributed by atoms with van der Waals surface area (Å²) >= 11 is 1.54. The normalized spacial score (nSPS) is 10.9. The van der Waals surface area contributed by atoms with Crippen LogP contribution in [0.5, 0.6) is 5.75 Å². The number of anilines is 1. The fourth-order valence-corrected chi connectivity index (χ4v) is 3.04. The van der Waals surface area contributed by atoms with Crippen LogP contribution in [0.3, 0.4) is 0 Å². The van der Waals surface area contributed by atoms with Gasteiger partial charge in [0.05, 0.1) is 6.21 Å². The van der Waals surface area contributed by atoms with Gasteiger partial charge in [-0.05, 0) is 23.6 Å². The van der Waals surface area contributed by atoms with Crippen LogP contribution in [-0.4, -0.2) is 26.5 Å². The Morgan fingerprint density at radius 3 is 2.85 bits per heavy atom. The molecule has 1 aromatic heterocycles. The van der Waals surface area contributed by atoms with E-state index in [4.69, 9.17) is 0 Å². The van der Waals surface area contributed by atoms with Gasteiger partial charge in [0.1, 0.15) is 5.75 Å². The molecule has 0 saturated heterocycles. The van der Waals surface area contributed by atoms with Gasteiger partial charge in [-0.15, -0.1) is 11.7 Å². The molecule has 3 aromatic rings. The van der Waals surface area contributed by atoms with Gasteiger partial charge >= 0.3 is 0 Å². The molecular formula is C19H19N5OS. The molecule has 0 bridgehead atoms. The summed E-state index contributed by atoms with van der Waals surface area (Å²) in [4.78, 5) is 4.32. The number of allylic oxidation sites excluding steroid dienone is 1. The highest BCUT2D eigenvalue weighted by molar-refractivity contribution is 7.98. The molecule has 0 aliphatic heterocycles. The summed E-state index contributed by atoms with van der Waals surface area (Å²) in [5.74, 6) is 1.44. The van der Waals surface area contributed by atoms with Crippen molar-refractivity contribution in [3.8, 4) is 5.75 Å². The molecule has 1 heterocycles. The first-order chi connectivity index (χ1) is 12.8. The second kappa shape index (κ2) is 8.87. The standard InChI is InChI=1S/C19H19N5OS/c1-2-7-15-10-6-11-16(17(15)25)12-20-22-18-21-19(24-23-18)26-13-14-8-4-3-5-9-14/h2-6,8-12,25H,1,7,13H2,(H2,21,22,23,24)/b20-12+. The van der Waals surface area contributed by atoms with Crippen LogP contribution < -0.4 is 5.43 Å². The largest absolute Gasteiger partial charge is 0.507 e. The zero-order valence-corrected chi connectivity index (χ0v) is 14.9. The highest BCUT2D eigenvalue weighted by Gasteiger charge is 2.05. The first-order valence-corrected chi connectivity index (χ1v) is 9.05. The first kappa shape index (κ1) is 17.8. The Kier molecular flexibility index (Phi) is 6.05. The molecule has 0 fully saturated rings. The Bertz CT molecular complexity index is 892. The van der Waals surface area contributed by atoms with Gasteiger partial charge in [-0.3, -0.25) is 0 Å². The number of aromatic nitrogens is 3. The summed E-state index contributed by atoms with van der Waals surface area (Å²) in [7, 11) is 0. The van der Waals surface area contributed by atoms with Crippen LogP contribution in [0.2, 0.25) is 0 Å². The second-order valence-electron chi connectivity index (χ2n) is 5.46. The van der Waals surface area contributed by atoms with Gasteiger partial charge in [-0.1, -0.05) is 60.3 Å². The van der Waals surface area contributed by atoms with Gasteiger partial charge in [0.2, 0.25) is 11.1 Å². The monoisotopic (exact) mass is 365 g/mol. The molecule has 132 valence electrons. The van der Waals surface area contributed by atoms with E-state index in [1.807, 2.05) is 30.3 Å². The first-order valence-electron chi connectivity index (χ1n) is 8.06.